The Morgan fingerprint density at radius 1 is 1.00 bits per heavy atom. The van der Waals surface area contributed by atoms with E-state index in [2.05, 4.69) is 77.8 Å². The van der Waals surface area contributed by atoms with Gasteiger partial charge in [0.05, 0.1) is 12.2 Å². The third-order valence-electron chi connectivity index (χ3n) is 4.52. The lowest BCUT2D eigenvalue weighted by molar-refractivity contribution is -0.283. The molecule has 2 rings (SSSR count). The van der Waals surface area contributed by atoms with Gasteiger partial charge in [-0.3, -0.25) is 4.84 Å². The van der Waals surface area contributed by atoms with Gasteiger partial charge in [-0.15, -0.1) is 0 Å². The minimum absolute atomic E-state index is 0.0399. The van der Waals surface area contributed by atoms with Gasteiger partial charge in [0.15, 0.2) is 0 Å². The first-order valence-corrected chi connectivity index (χ1v) is 8.67. The molecule has 0 spiro atoms. The van der Waals surface area contributed by atoms with Gasteiger partial charge in [0.2, 0.25) is 0 Å². The summed E-state index contributed by atoms with van der Waals surface area (Å²) in [7, 11) is 0. The molecule has 3 heteroatoms. The van der Waals surface area contributed by atoms with Crippen LogP contribution in [0, 0.1) is 0 Å². The second kappa shape index (κ2) is 6.54. The highest BCUT2D eigenvalue weighted by molar-refractivity contribution is 5.17. The van der Waals surface area contributed by atoms with E-state index in [1.165, 1.54) is 0 Å². The summed E-state index contributed by atoms with van der Waals surface area (Å²) < 4.78 is 6.04. The average Bonchev–Trinajstić information content (AvgIpc) is 2.65. The highest BCUT2D eigenvalue weighted by atomic mass is 16.7. The predicted molar refractivity (Wildman–Crippen MR) is 95.2 cm³/mol. The van der Waals surface area contributed by atoms with Crippen molar-refractivity contribution >= 4 is 0 Å². The summed E-state index contributed by atoms with van der Waals surface area (Å²) in [5.74, 6) is 0. The van der Waals surface area contributed by atoms with E-state index in [0.717, 1.165) is 18.4 Å². The van der Waals surface area contributed by atoms with Crippen LogP contribution >= 0.6 is 0 Å². The first-order valence-electron chi connectivity index (χ1n) is 8.67. The fraction of sp³-hybridized carbons (Fsp3) is 0.700. The number of hydroxylamine groups is 2. The highest BCUT2D eigenvalue weighted by Crippen LogP contribution is 2.42. The van der Waals surface area contributed by atoms with Crippen LogP contribution in [-0.2, 0) is 9.57 Å². The van der Waals surface area contributed by atoms with Crippen LogP contribution in [0.15, 0.2) is 30.3 Å². The number of benzene rings is 1. The molecule has 1 atom stereocenters. The third-order valence-corrected chi connectivity index (χ3v) is 4.52. The van der Waals surface area contributed by atoms with Crippen molar-refractivity contribution in [3.63, 3.8) is 0 Å². The standard InChI is InChI=1S/C20H33NO2/c1-18(2,3)22-15-17(16-11-9-8-10-12-16)23-21-19(4,5)13-14-20(21,6)7/h8-12,17H,13-15H2,1-7H3/t17-/m1/s1. The number of nitrogens with zero attached hydrogens (tertiary/aromatic N) is 1. The van der Waals surface area contributed by atoms with Gasteiger partial charge in [-0.2, -0.15) is 5.06 Å². The van der Waals surface area contributed by atoms with Gasteiger partial charge in [0, 0.05) is 11.1 Å². The van der Waals surface area contributed by atoms with Gasteiger partial charge < -0.3 is 4.74 Å². The molecule has 1 aromatic carbocycles. The molecule has 1 aromatic rings. The van der Waals surface area contributed by atoms with Crippen LogP contribution in [0.2, 0.25) is 0 Å². The summed E-state index contributed by atoms with van der Waals surface area (Å²) in [5, 5.41) is 2.20. The maximum Gasteiger partial charge on any atom is 0.128 e. The van der Waals surface area contributed by atoms with Crippen LogP contribution in [0.1, 0.15) is 73.0 Å². The molecule has 1 aliphatic heterocycles. The van der Waals surface area contributed by atoms with E-state index in [4.69, 9.17) is 9.57 Å². The average molecular weight is 319 g/mol. The molecule has 1 heterocycles. The van der Waals surface area contributed by atoms with Crippen LogP contribution in [0.25, 0.3) is 0 Å². The van der Waals surface area contributed by atoms with E-state index in [1.807, 2.05) is 6.07 Å². The van der Waals surface area contributed by atoms with Crippen LogP contribution in [0.4, 0.5) is 0 Å². The lowest BCUT2D eigenvalue weighted by Gasteiger charge is -2.41. The molecule has 0 unspecified atom stereocenters. The molecule has 0 saturated carbocycles. The Morgan fingerprint density at radius 2 is 1.52 bits per heavy atom. The lowest BCUT2D eigenvalue weighted by atomic mass is 10.0. The van der Waals surface area contributed by atoms with Gasteiger partial charge in [0.1, 0.15) is 6.10 Å². The van der Waals surface area contributed by atoms with Crippen LogP contribution in [0.5, 0.6) is 0 Å². The van der Waals surface area contributed by atoms with Gasteiger partial charge in [0.25, 0.3) is 0 Å². The quantitative estimate of drug-likeness (QED) is 0.751. The largest absolute Gasteiger partial charge is 0.373 e. The van der Waals surface area contributed by atoms with Gasteiger partial charge in [-0.1, -0.05) is 30.3 Å². The molecule has 0 aromatic heterocycles. The number of hydrogen-bond donors (Lipinski definition) is 0. The SMILES string of the molecule is CC(C)(C)OC[C@@H](ON1C(C)(C)CCC1(C)C)c1ccccc1. The zero-order chi connectivity index (χ0) is 17.3. The van der Waals surface area contributed by atoms with Gasteiger partial charge in [-0.05, 0) is 66.9 Å². The Hall–Kier alpha value is -0.900. The van der Waals surface area contributed by atoms with Crippen LogP contribution in [-0.4, -0.2) is 28.3 Å². The number of hydrogen-bond acceptors (Lipinski definition) is 3. The van der Waals surface area contributed by atoms with Crippen molar-refractivity contribution in [3.8, 4) is 0 Å². The maximum atomic E-state index is 6.53. The molecule has 0 amide bonds. The molecule has 0 radical (unpaired) electrons. The van der Waals surface area contributed by atoms with E-state index in [9.17, 15) is 0 Å². The molecule has 3 nitrogen and oxygen atoms in total. The molecular formula is C20H33NO2. The van der Waals surface area contributed by atoms with Crippen molar-refractivity contribution in [3.05, 3.63) is 35.9 Å². The minimum Gasteiger partial charge on any atom is -0.373 e. The Morgan fingerprint density at radius 3 is 2.00 bits per heavy atom. The van der Waals surface area contributed by atoms with Crippen molar-refractivity contribution in [2.45, 2.75) is 84.1 Å². The molecule has 130 valence electrons. The zero-order valence-electron chi connectivity index (χ0n) is 15.8. The monoisotopic (exact) mass is 319 g/mol. The predicted octanol–water partition coefficient (Wildman–Crippen LogP) is 5.13. The molecular weight excluding hydrogens is 286 g/mol. The van der Waals surface area contributed by atoms with Gasteiger partial charge in [-0.25, -0.2) is 0 Å². The summed E-state index contributed by atoms with van der Waals surface area (Å²) >= 11 is 0. The van der Waals surface area contributed by atoms with Crippen LogP contribution < -0.4 is 0 Å². The van der Waals surface area contributed by atoms with Crippen molar-refractivity contribution < 1.29 is 9.57 Å². The van der Waals surface area contributed by atoms with E-state index in [0.29, 0.717) is 6.61 Å². The third kappa shape index (κ3) is 4.79. The smallest absolute Gasteiger partial charge is 0.128 e. The Kier molecular flexibility index (Phi) is 5.24. The van der Waals surface area contributed by atoms with E-state index in [-0.39, 0.29) is 22.8 Å². The maximum absolute atomic E-state index is 6.53. The summed E-state index contributed by atoms with van der Waals surface area (Å²) in [6.45, 7) is 15.8. The second-order valence-corrected chi connectivity index (χ2v) is 8.85. The highest BCUT2D eigenvalue weighted by Gasteiger charge is 2.47. The van der Waals surface area contributed by atoms with Crippen LogP contribution in [0.3, 0.4) is 0 Å². The van der Waals surface area contributed by atoms with E-state index >= 15 is 0 Å². The first-order chi connectivity index (χ1) is 10.5. The number of rotatable bonds is 5. The molecule has 1 aliphatic rings. The zero-order valence-corrected chi connectivity index (χ0v) is 15.8. The minimum atomic E-state index is -0.174. The van der Waals surface area contributed by atoms with Gasteiger partial charge >= 0.3 is 0 Å². The Balaban J connectivity index is 2.20. The lowest BCUT2D eigenvalue weighted by Crippen LogP contribution is -2.49. The molecule has 23 heavy (non-hydrogen) atoms. The molecule has 0 bridgehead atoms. The fourth-order valence-corrected chi connectivity index (χ4v) is 3.23. The fourth-order valence-electron chi connectivity index (χ4n) is 3.23. The van der Waals surface area contributed by atoms with E-state index < -0.39 is 0 Å². The molecule has 1 fully saturated rings. The normalized spacial score (nSPS) is 22.2. The number of ether oxygens (including phenoxy) is 1. The topological polar surface area (TPSA) is 21.7 Å². The first kappa shape index (κ1) is 18.4. The molecule has 1 saturated heterocycles. The molecule has 0 aliphatic carbocycles. The van der Waals surface area contributed by atoms with Crippen molar-refractivity contribution in [1.82, 2.24) is 5.06 Å². The second-order valence-electron chi connectivity index (χ2n) is 8.85. The summed E-state index contributed by atoms with van der Waals surface area (Å²) in [4.78, 5) is 6.53. The summed E-state index contributed by atoms with van der Waals surface area (Å²) in [6.07, 6.45) is 2.19. The Bertz CT molecular complexity index is 486. The molecule has 0 N–H and O–H groups in total. The van der Waals surface area contributed by atoms with Crippen molar-refractivity contribution in [2.24, 2.45) is 0 Å². The van der Waals surface area contributed by atoms with Crippen molar-refractivity contribution in [1.29, 1.82) is 0 Å². The van der Waals surface area contributed by atoms with E-state index in [1.54, 1.807) is 0 Å². The summed E-state index contributed by atoms with van der Waals surface area (Å²) in [5.41, 5.74) is 1.07. The Labute approximate surface area is 141 Å². The van der Waals surface area contributed by atoms with Crippen molar-refractivity contribution in [2.75, 3.05) is 6.61 Å². The summed E-state index contributed by atoms with van der Waals surface area (Å²) in [6, 6.07) is 10.4.